The van der Waals surface area contributed by atoms with Gasteiger partial charge in [-0.15, -0.1) is 0 Å². The van der Waals surface area contributed by atoms with Crippen LogP contribution in [-0.2, 0) is 0 Å². The van der Waals surface area contributed by atoms with Crippen molar-refractivity contribution in [2.45, 2.75) is 39.3 Å². The summed E-state index contributed by atoms with van der Waals surface area (Å²) in [6.45, 7) is 12.6. The van der Waals surface area contributed by atoms with Gasteiger partial charge in [-0.05, 0) is 45.3 Å². The molecule has 0 bridgehead atoms. The molecular weight excluding hydrogens is 303 g/mol. The van der Waals surface area contributed by atoms with Crippen LogP contribution in [0.3, 0.4) is 0 Å². The number of benzene rings is 1. The zero-order chi connectivity index (χ0) is 14.1. The first-order valence-corrected chi connectivity index (χ1v) is 13.4. The van der Waals surface area contributed by atoms with Crippen LogP contribution in [0.15, 0.2) is 12.1 Å². The van der Waals surface area contributed by atoms with Crippen molar-refractivity contribution in [3.8, 4) is 11.5 Å². The summed E-state index contributed by atoms with van der Waals surface area (Å²) in [7, 11) is -3.40. The first-order chi connectivity index (χ1) is 7.98. The van der Waals surface area contributed by atoms with Crippen LogP contribution in [0.1, 0.15) is 0 Å². The Hall–Kier alpha value is -0.166. The van der Waals surface area contributed by atoms with E-state index in [4.69, 9.17) is 32.1 Å². The minimum atomic E-state index is -1.70. The van der Waals surface area contributed by atoms with Gasteiger partial charge in [-0.25, -0.2) is 0 Å². The molecular formula is C12H20Cl2O2Si2. The van der Waals surface area contributed by atoms with Crippen LogP contribution in [0.4, 0.5) is 0 Å². The predicted octanol–water partition coefficient (Wildman–Crippen LogP) is 5.42. The fraction of sp³-hybridized carbons (Fsp3) is 0.500. The molecule has 0 heterocycles. The fourth-order valence-corrected chi connectivity index (χ4v) is 3.57. The minimum absolute atomic E-state index is 0.533. The van der Waals surface area contributed by atoms with Gasteiger partial charge in [-0.3, -0.25) is 0 Å². The lowest BCUT2D eigenvalue weighted by Crippen LogP contribution is -2.30. The van der Waals surface area contributed by atoms with Gasteiger partial charge in [-0.2, -0.15) is 0 Å². The Morgan fingerprint density at radius 3 is 1.33 bits per heavy atom. The monoisotopic (exact) mass is 322 g/mol. The van der Waals surface area contributed by atoms with Gasteiger partial charge in [0, 0.05) is 6.07 Å². The van der Waals surface area contributed by atoms with Gasteiger partial charge in [0.25, 0.3) is 0 Å². The van der Waals surface area contributed by atoms with Crippen molar-refractivity contribution >= 4 is 39.8 Å². The van der Waals surface area contributed by atoms with Gasteiger partial charge >= 0.3 is 0 Å². The molecule has 0 radical (unpaired) electrons. The Labute approximate surface area is 121 Å². The molecule has 6 heteroatoms. The second-order valence-electron chi connectivity index (χ2n) is 6.14. The summed E-state index contributed by atoms with van der Waals surface area (Å²) >= 11 is 12.3. The van der Waals surface area contributed by atoms with Crippen LogP contribution in [0.5, 0.6) is 11.5 Å². The molecule has 0 spiro atoms. The lowest BCUT2D eigenvalue weighted by Gasteiger charge is -2.24. The Kier molecular flexibility index (Phi) is 4.81. The van der Waals surface area contributed by atoms with Crippen molar-refractivity contribution in [3.05, 3.63) is 22.2 Å². The van der Waals surface area contributed by atoms with E-state index in [2.05, 4.69) is 39.3 Å². The molecule has 0 atom stereocenters. The Bertz CT molecular complexity index is 400. The molecule has 0 aliphatic rings. The molecule has 2 nitrogen and oxygen atoms in total. The highest BCUT2D eigenvalue weighted by atomic mass is 35.5. The average molecular weight is 323 g/mol. The highest BCUT2D eigenvalue weighted by Gasteiger charge is 2.22. The van der Waals surface area contributed by atoms with E-state index in [1.807, 2.05) is 0 Å². The molecule has 0 aliphatic carbocycles. The average Bonchev–Trinajstić information content (AvgIpc) is 2.08. The third-order valence-electron chi connectivity index (χ3n) is 1.82. The molecule has 1 aromatic rings. The lowest BCUT2D eigenvalue weighted by molar-refractivity contribution is 0.533. The van der Waals surface area contributed by atoms with Gasteiger partial charge in [0.15, 0.2) is 0 Å². The molecule has 0 saturated carbocycles. The number of hydrogen-bond donors (Lipinski definition) is 0. The molecule has 0 amide bonds. The quantitative estimate of drug-likeness (QED) is 0.689. The molecule has 18 heavy (non-hydrogen) atoms. The van der Waals surface area contributed by atoms with Crippen molar-refractivity contribution in [1.82, 2.24) is 0 Å². The van der Waals surface area contributed by atoms with Crippen LogP contribution in [0, 0.1) is 0 Å². The van der Waals surface area contributed by atoms with Gasteiger partial charge in [0.1, 0.15) is 11.5 Å². The second kappa shape index (κ2) is 5.45. The largest absolute Gasteiger partial charge is 0.543 e. The molecule has 102 valence electrons. The third-order valence-corrected chi connectivity index (χ3v) is 4.07. The van der Waals surface area contributed by atoms with Crippen molar-refractivity contribution in [3.63, 3.8) is 0 Å². The molecule has 0 unspecified atom stereocenters. The van der Waals surface area contributed by atoms with Crippen LogP contribution in [0.2, 0.25) is 49.3 Å². The van der Waals surface area contributed by atoms with Crippen LogP contribution in [-0.4, -0.2) is 16.6 Å². The minimum Gasteiger partial charge on any atom is -0.543 e. The molecule has 0 saturated heterocycles. The van der Waals surface area contributed by atoms with Crippen molar-refractivity contribution < 1.29 is 8.85 Å². The zero-order valence-electron chi connectivity index (χ0n) is 11.7. The van der Waals surface area contributed by atoms with Gasteiger partial charge in [0.05, 0.1) is 10.0 Å². The maximum atomic E-state index is 6.15. The molecule has 0 N–H and O–H groups in total. The molecule has 0 aliphatic heterocycles. The van der Waals surface area contributed by atoms with Crippen molar-refractivity contribution in [2.75, 3.05) is 0 Å². The predicted molar refractivity (Wildman–Crippen MR) is 84.4 cm³/mol. The van der Waals surface area contributed by atoms with Crippen molar-refractivity contribution in [1.29, 1.82) is 0 Å². The summed E-state index contributed by atoms with van der Waals surface area (Å²) in [5, 5.41) is 1.07. The Morgan fingerprint density at radius 1 is 0.722 bits per heavy atom. The third kappa shape index (κ3) is 5.22. The van der Waals surface area contributed by atoms with E-state index in [9.17, 15) is 0 Å². The van der Waals surface area contributed by atoms with E-state index in [-0.39, 0.29) is 0 Å². The van der Waals surface area contributed by atoms with E-state index in [1.54, 1.807) is 12.1 Å². The number of hydrogen-bond acceptors (Lipinski definition) is 2. The molecule has 0 aromatic heterocycles. The van der Waals surface area contributed by atoms with E-state index < -0.39 is 16.6 Å². The van der Waals surface area contributed by atoms with E-state index >= 15 is 0 Å². The van der Waals surface area contributed by atoms with Crippen molar-refractivity contribution in [2.24, 2.45) is 0 Å². The Balaban J connectivity index is 3.10. The fourth-order valence-electron chi connectivity index (χ4n) is 1.33. The summed E-state index contributed by atoms with van der Waals surface area (Å²) in [5.74, 6) is 1.32. The van der Waals surface area contributed by atoms with E-state index in [0.29, 0.717) is 21.5 Å². The van der Waals surface area contributed by atoms with Crippen LogP contribution < -0.4 is 8.85 Å². The van der Waals surface area contributed by atoms with Crippen LogP contribution in [0.25, 0.3) is 0 Å². The van der Waals surface area contributed by atoms with Gasteiger partial charge < -0.3 is 8.85 Å². The topological polar surface area (TPSA) is 18.5 Å². The first-order valence-electron chi connectivity index (χ1n) is 5.85. The summed E-state index contributed by atoms with van der Waals surface area (Å²) in [6.07, 6.45) is 0. The number of halogens is 2. The van der Waals surface area contributed by atoms with E-state index in [0.717, 1.165) is 0 Å². The summed E-state index contributed by atoms with van der Waals surface area (Å²) in [6, 6.07) is 3.50. The Morgan fingerprint density at radius 2 is 1.06 bits per heavy atom. The van der Waals surface area contributed by atoms with Gasteiger partial charge in [0.2, 0.25) is 16.6 Å². The second-order valence-corrected chi connectivity index (χ2v) is 15.8. The maximum absolute atomic E-state index is 6.15. The lowest BCUT2D eigenvalue weighted by atomic mass is 10.3. The normalized spacial score (nSPS) is 12.4. The molecule has 1 rings (SSSR count). The highest BCUT2D eigenvalue weighted by molar-refractivity contribution is 6.71. The molecule has 1 aromatic carbocycles. The SMILES string of the molecule is C[Si](C)(C)Oc1cc(O[Si](C)(C)C)c(Cl)cc1Cl. The summed E-state index contributed by atoms with van der Waals surface area (Å²) in [4.78, 5) is 0. The maximum Gasteiger partial charge on any atom is 0.242 e. The standard InChI is InChI=1S/C12H20Cl2O2Si2/c1-17(2,3)15-11-8-12(16-18(4,5)6)10(14)7-9(11)13/h7-8H,1-6H3. The van der Waals surface area contributed by atoms with Gasteiger partial charge in [-0.1, -0.05) is 23.2 Å². The summed E-state index contributed by atoms with van der Waals surface area (Å²) < 4.78 is 11.9. The first kappa shape index (κ1) is 15.9. The smallest absolute Gasteiger partial charge is 0.242 e. The molecule has 0 fully saturated rings. The highest BCUT2D eigenvalue weighted by Crippen LogP contribution is 2.37. The van der Waals surface area contributed by atoms with E-state index in [1.165, 1.54) is 0 Å². The summed E-state index contributed by atoms with van der Waals surface area (Å²) in [5.41, 5.74) is 0. The number of rotatable bonds is 4. The zero-order valence-corrected chi connectivity index (χ0v) is 15.2. The van der Waals surface area contributed by atoms with Crippen LogP contribution >= 0.6 is 23.2 Å².